The number of allylic oxidation sites excluding steroid dienone is 2. The van der Waals surface area contributed by atoms with Crippen molar-refractivity contribution >= 4 is 57.6 Å². The first-order valence-corrected chi connectivity index (χ1v) is 12.1. The number of thioether (sulfide) groups is 2. The van der Waals surface area contributed by atoms with Gasteiger partial charge in [0, 0.05) is 23.0 Å². The number of phenolic OH excluding ortho intramolecular Hbond substituents is 1. The van der Waals surface area contributed by atoms with Crippen LogP contribution in [-0.2, 0) is 4.79 Å². The highest BCUT2D eigenvalue weighted by atomic mass is 35.5. The van der Waals surface area contributed by atoms with Gasteiger partial charge >= 0.3 is 0 Å². The van der Waals surface area contributed by atoms with Crippen molar-refractivity contribution in [3.8, 4) is 5.75 Å². The summed E-state index contributed by atoms with van der Waals surface area (Å²) in [5, 5.41) is 11.9. The van der Waals surface area contributed by atoms with Crippen molar-refractivity contribution in [2.75, 3.05) is 18.0 Å². The summed E-state index contributed by atoms with van der Waals surface area (Å²) in [6.07, 6.45) is 4.72. The third kappa shape index (κ3) is 4.63. The minimum absolute atomic E-state index is 0.0344. The second kappa shape index (κ2) is 9.42. The molecule has 0 aliphatic carbocycles. The first-order valence-electron chi connectivity index (χ1n) is 10.0. The van der Waals surface area contributed by atoms with Gasteiger partial charge in [-0.05, 0) is 79.7 Å². The molecule has 0 aromatic heterocycles. The largest absolute Gasteiger partial charge is 0.508 e. The second-order valence-electron chi connectivity index (χ2n) is 6.96. The number of benzene rings is 2. The van der Waals surface area contributed by atoms with Crippen LogP contribution in [0.3, 0.4) is 0 Å². The van der Waals surface area contributed by atoms with E-state index in [9.17, 15) is 9.90 Å². The number of carbonyl (C=O) groups is 1. The lowest BCUT2D eigenvalue weighted by Crippen LogP contribution is -2.29. The van der Waals surface area contributed by atoms with Crippen molar-refractivity contribution in [3.05, 3.63) is 69.6 Å². The fourth-order valence-corrected chi connectivity index (χ4v) is 5.58. The number of aliphatic imine (C=N–C) groups is 1. The zero-order chi connectivity index (χ0) is 22.0. The lowest BCUT2D eigenvalue weighted by molar-refractivity contribution is -0.122. The molecule has 8 heteroatoms. The third-order valence-electron chi connectivity index (χ3n) is 4.80. The molecule has 160 valence electrons. The molecule has 0 atom stereocenters. The van der Waals surface area contributed by atoms with Gasteiger partial charge < -0.3 is 10.0 Å². The average Bonchev–Trinajstić information content (AvgIpc) is 3.25. The number of phenols is 1. The van der Waals surface area contributed by atoms with Crippen molar-refractivity contribution in [3.63, 3.8) is 0 Å². The SMILES string of the molecule is CCCN1C(=O)C(=CC=C2Sc3ccc(Cl)cc3N2CC)SC1=Nc1ccc(O)cc1. The van der Waals surface area contributed by atoms with Crippen LogP contribution in [0, 0.1) is 0 Å². The van der Waals surface area contributed by atoms with Crippen LogP contribution in [0.2, 0.25) is 5.02 Å². The summed E-state index contributed by atoms with van der Waals surface area (Å²) in [7, 11) is 0. The van der Waals surface area contributed by atoms with Gasteiger partial charge in [0.15, 0.2) is 5.17 Å². The van der Waals surface area contributed by atoms with Crippen LogP contribution in [-0.4, -0.2) is 34.2 Å². The number of hydrogen-bond donors (Lipinski definition) is 1. The van der Waals surface area contributed by atoms with E-state index >= 15 is 0 Å². The summed E-state index contributed by atoms with van der Waals surface area (Å²) >= 11 is 9.23. The van der Waals surface area contributed by atoms with Gasteiger partial charge in [-0.2, -0.15) is 0 Å². The Balaban J connectivity index is 1.62. The molecule has 1 N–H and O–H groups in total. The molecular formula is C23H22ClN3O2S2. The van der Waals surface area contributed by atoms with Gasteiger partial charge in [-0.25, -0.2) is 4.99 Å². The number of amidine groups is 1. The summed E-state index contributed by atoms with van der Waals surface area (Å²) in [6.45, 7) is 5.55. The van der Waals surface area contributed by atoms with Gasteiger partial charge in [0.05, 0.1) is 21.3 Å². The molecule has 0 unspecified atom stereocenters. The molecule has 2 aromatic carbocycles. The van der Waals surface area contributed by atoms with E-state index in [2.05, 4.69) is 16.8 Å². The summed E-state index contributed by atoms with van der Waals surface area (Å²) in [5.74, 6) is 0.154. The topological polar surface area (TPSA) is 56.1 Å². The zero-order valence-electron chi connectivity index (χ0n) is 17.2. The number of hydrogen-bond acceptors (Lipinski definition) is 6. The molecule has 4 rings (SSSR count). The van der Waals surface area contributed by atoms with Crippen LogP contribution >= 0.6 is 35.1 Å². The summed E-state index contributed by atoms with van der Waals surface area (Å²) in [6, 6.07) is 12.5. The lowest BCUT2D eigenvalue weighted by Gasteiger charge is -2.17. The van der Waals surface area contributed by atoms with E-state index in [-0.39, 0.29) is 11.7 Å². The Morgan fingerprint density at radius 2 is 1.84 bits per heavy atom. The lowest BCUT2D eigenvalue weighted by atomic mass is 10.3. The van der Waals surface area contributed by atoms with Crippen molar-refractivity contribution in [1.82, 2.24) is 4.90 Å². The van der Waals surface area contributed by atoms with Crippen LogP contribution in [0.1, 0.15) is 20.3 Å². The van der Waals surface area contributed by atoms with E-state index in [1.54, 1.807) is 40.9 Å². The maximum atomic E-state index is 13.0. The van der Waals surface area contributed by atoms with Crippen molar-refractivity contribution < 1.29 is 9.90 Å². The third-order valence-corrected chi connectivity index (χ3v) is 7.19. The standard InChI is InChI=1S/C23H22ClN3O2S2/c1-3-13-27-22(29)20(31-23(27)25-16-6-8-17(28)9-7-16)11-12-21-26(4-2)18-14-15(24)5-10-19(18)30-21/h5-12,14,28H,3-4,13H2,1-2H3. The maximum absolute atomic E-state index is 13.0. The molecule has 0 bridgehead atoms. The Kier molecular flexibility index (Phi) is 6.65. The van der Waals surface area contributed by atoms with Gasteiger partial charge in [-0.1, -0.05) is 30.3 Å². The zero-order valence-corrected chi connectivity index (χ0v) is 19.6. The van der Waals surface area contributed by atoms with Gasteiger partial charge in [0.25, 0.3) is 5.91 Å². The molecule has 2 aromatic rings. The first-order chi connectivity index (χ1) is 15.0. The summed E-state index contributed by atoms with van der Waals surface area (Å²) in [5.41, 5.74) is 1.79. The number of anilines is 1. The first kappa shape index (κ1) is 21.9. The molecule has 31 heavy (non-hydrogen) atoms. The number of aromatic hydroxyl groups is 1. The fraction of sp³-hybridized carbons (Fsp3) is 0.217. The highest BCUT2D eigenvalue weighted by molar-refractivity contribution is 8.18. The predicted octanol–water partition coefficient (Wildman–Crippen LogP) is 6.38. The molecule has 0 saturated carbocycles. The second-order valence-corrected chi connectivity index (χ2v) is 9.47. The molecule has 0 radical (unpaired) electrons. The van der Waals surface area contributed by atoms with Gasteiger partial charge in [0.2, 0.25) is 0 Å². The Morgan fingerprint density at radius 3 is 2.55 bits per heavy atom. The predicted molar refractivity (Wildman–Crippen MR) is 131 cm³/mol. The van der Waals surface area contributed by atoms with Crippen LogP contribution < -0.4 is 4.90 Å². The molecule has 2 aliphatic heterocycles. The molecule has 0 spiro atoms. The number of nitrogens with zero attached hydrogens (tertiary/aromatic N) is 3. The summed E-state index contributed by atoms with van der Waals surface area (Å²) in [4.78, 5) is 23.4. The molecule has 2 aliphatic rings. The summed E-state index contributed by atoms with van der Waals surface area (Å²) < 4.78 is 0. The minimum atomic E-state index is -0.0344. The highest BCUT2D eigenvalue weighted by Crippen LogP contribution is 2.47. The average molecular weight is 472 g/mol. The van der Waals surface area contributed by atoms with E-state index in [0.717, 1.165) is 28.6 Å². The van der Waals surface area contributed by atoms with Gasteiger partial charge in [0.1, 0.15) is 5.75 Å². The van der Waals surface area contributed by atoms with Gasteiger partial charge in [-0.3, -0.25) is 9.69 Å². The van der Waals surface area contributed by atoms with E-state index in [1.807, 2.05) is 37.3 Å². The van der Waals surface area contributed by atoms with Gasteiger partial charge in [-0.15, -0.1) is 0 Å². The van der Waals surface area contributed by atoms with Crippen molar-refractivity contribution in [2.45, 2.75) is 25.2 Å². The van der Waals surface area contributed by atoms with E-state index < -0.39 is 0 Å². The number of amides is 1. The Hall–Kier alpha value is -2.35. The molecule has 1 saturated heterocycles. The highest BCUT2D eigenvalue weighted by Gasteiger charge is 2.33. The Labute approximate surface area is 195 Å². The number of halogens is 1. The Morgan fingerprint density at radius 1 is 1.06 bits per heavy atom. The van der Waals surface area contributed by atoms with Crippen LogP contribution in [0.25, 0.3) is 0 Å². The fourth-order valence-electron chi connectivity index (χ4n) is 3.34. The van der Waals surface area contributed by atoms with Crippen molar-refractivity contribution in [2.24, 2.45) is 4.99 Å². The van der Waals surface area contributed by atoms with E-state index in [1.165, 1.54) is 11.8 Å². The number of rotatable bonds is 5. The molecule has 5 nitrogen and oxygen atoms in total. The molecular weight excluding hydrogens is 450 g/mol. The monoisotopic (exact) mass is 471 g/mol. The minimum Gasteiger partial charge on any atom is -0.508 e. The smallest absolute Gasteiger partial charge is 0.266 e. The normalized spacial score (nSPS) is 19.8. The van der Waals surface area contributed by atoms with Crippen LogP contribution in [0.15, 0.2) is 74.4 Å². The quantitative estimate of drug-likeness (QED) is 0.513. The maximum Gasteiger partial charge on any atom is 0.266 e. The molecule has 1 fully saturated rings. The molecule has 2 heterocycles. The van der Waals surface area contributed by atoms with E-state index in [0.29, 0.717) is 27.3 Å². The Bertz CT molecular complexity index is 1100. The van der Waals surface area contributed by atoms with E-state index in [4.69, 9.17) is 11.6 Å². The van der Waals surface area contributed by atoms with Crippen molar-refractivity contribution in [1.29, 1.82) is 0 Å². The van der Waals surface area contributed by atoms with Crippen LogP contribution in [0.4, 0.5) is 11.4 Å². The number of fused-ring (bicyclic) bond motifs is 1. The number of carbonyl (C=O) groups excluding carboxylic acids is 1. The van der Waals surface area contributed by atoms with Crippen LogP contribution in [0.5, 0.6) is 5.75 Å². The molecule has 1 amide bonds.